The second-order valence-corrected chi connectivity index (χ2v) is 8.07. The number of nitrogens with one attached hydrogen (secondary N) is 1. The van der Waals surface area contributed by atoms with Gasteiger partial charge in [-0.25, -0.2) is 14.2 Å². The van der Waals surface area contributed by atoms with E-state index in [0.29, 0.717) is 24.9 Å². The maximum absolute atomic E-state index is 13.1. The number of ether oxygens (including phenoxy) is 1. The van der Waals surface area contributed by atoms with Gasteiger partial charge >= 0.3 is 11.4 Å². The molecule has 36 heavy (non-hydrogen) atoms. The fraction of sp³-hybridized carbons (Fsp3) is 0.462. The van der Waals surface area contributed by atoms with Crippen LogP contribution in [0.15, 0.2) is 63.7 Å². The lowest BCUT2D eigenvalue weighted by Crippen LogP contribution is -2.42. The van der Waals surface area contributed by atoms with Gasteiger partial charge in [0.05, 0.1) is 13.2 Å². The Labute approximate surface area is 217 Å². The van der Waals surface area contributed by atoms with Crippen molar-refractivity contribution in [3.05, 3.63) is 70.0 Å². The Kier molecular flexibility index (Phi) is 12.2. The summed E-state index contributed by atoms with van der Waals surface area (Å²) in [5.74, 6) is -0.0558. The molecule has 196 valence electrons. The molecule has 1 aromatic carbocycles. The number of rotatable bonds is 10. The molecule has 0 bridgehead atoms. The molecule has 1 unspecified atom stereocenters. The van der Waals surface area contributed by atoms with E-state index in [9.17, 15) is 9.59 Å². The highest BCUT2D eigenvalue weighted by Gasteiger charge is 2.16. The molecule has 1 atom stereocenters. The summed E-state index contributed by atoms with van der Waals surface area (Å²) in [7, 11) is 0. The number of hydrogen-bond acceptors (Lipinski definition) is 7. The molecule has 1 saturated heterocycles. The highest BCUT2D eigenvalue weighted by atomic mass is 35.5. The van der Waals surface area contributed by atoms with E-state index in [0.717, 1.165) is 29.0 Å². The SMILES string of the molecule is C=CC(/C=C\C(Cl)=NCC)Cn1c(Nc2ccc(N3CCOCC3)cc2)nc(=O)n(CC)c1=O.CC. The van der Waals surface area contributed by atoms with Crippen LogP contribution >= 0.6 is 11.6 Å². The van der Waals surface area contributed by atoms with Gasteiger partial charge in [0, 0.05) is 50.0 Å². The number of nitrogens with zero attached hydrogens (tertiary/aromatic N) is 5. The molecular formula is C26H37ClN6O3. The number of allylic oxidation sites excluding steroid dienone is 3. The van der Waals surface area contributed by atoms with Crippen molar-refractivity contribution in [3.8, 4) is 0 Å². The first kappa shape index (κ1) is 29.1. The van der Waals surface area contributed by atoms with Crippen molar-refractivity contribution < 1.29 is 4.74 Å². The summed E-state index contributed by atoms with van der Waals surface area (Å²) in [5.41, 5.74) is 0.765. The maximum Gasteiger partial charge on any atom is 0.354 e. The Morgan fingerprint density at radius 2 is 1.86 bits per heavy atom. The molecule has 0 saturated carbocycles. The molecular weight excluding hydrogens is 480 g/mol. The van der Waals surface area contributed by atoms with Crippen LogP contribution < -0.4 is 21.6 Å². The van der Waals surface area contributed by atoms with Crippen molar-refractivity contribution in [3.63, 3.8) is 0 Å². The lowest BCUT2D eigenvalue weighted by molar-refractivity contribution is 0.122. The lowest BCUT2D eigenvalue weighted by atomic mass is 10.1. The minimum absolute atomic E-state index is 0.174. The Morgan fingerprint density at radius 3 is 2.44 bits per heavy atom. The first-order valence-electron chi connectivity index (χ1n) is 12.4. The van der Waals surface area contributed by atoms with Crippen molar-refractivity contribution >= 4 is 34.1 Å². The number of aromatic nitrogens is 3. The normalized spacial score (nSPS) is 14.8. The topological polar surface area (TPSA) is 93.8 Å². The highest BCUT2D eigenvalue weighted by Crippen LogP contribution is 2.21. The second-order valence-electron chi connectivity index (χ2n) is 7.68. The third-order valence-electron chi connectivity index (χ3n) is 5.45. The van der Waals surface area contributed by atoms with Crippen LogP contribution in [-0.2, 0) is 17.8 Å². The summed E-state index contributed by atoms with van der Waals surface area (Å²) in [6.07, 6.45) is 5.22. The molecule has 0 spiro atoms. The van der Waals surface area contributed by atoms with E-state index in [1.807, 2.05) is 51.1 Å². The summed E-state index contributed by atoms with van der Waals surface area (Å²) in [6.45, 7) is 15.6. The minimum atomic E-state index is -0.597. The van der Waals surface area contributed by atoms with Gasteiger partial charge in [-0.2, -0.15) is 4.98 Å². The molecule has 10 heteroatoms. The van der Waals surface area contributed by atoms with Gasteiger partial charge in [-0.3, -0.25) is 9.56 Å². The van der Waals surface area contributed by atoms with Crippen molar-refractivity contribution in [2.24, 2.45) is 10.9 Å². The smallest absolute Gasteiger partial charge is 0.354 e. The van der Waals surface area contributed by atoms with Crippen molar-refractivity contribution in [2.45, 2.75) is 40.8 Å². The molecule has 1 N–H and O–H groups in total. The molecule has 3 rings (SSSR count). The monoisotopic (exact) mass is 516 g/mol. The van der Waals surface area contributed by atoms with Crippen molar-refractivity contribution in [1.82, 2.24) is 14.1 Å². The molecule has 1 fully saturated rings. The van der Waals surface area contributed by atoms with Crippen LogP contribution in [0.1, 0.15) is 27.7 Å². The predicted octanol–water partition coefficient (Wildman–Crippen LogP) is 4.05. The molecule has 0 aliphatic carbocycles. The third-order valence-corrected chi connectivity index (χ3v) is 5.70. The first-order chi connectivity index (χ1) is 17.5. The largest absolute Gasteiger partial charge is 0.378 e. The molecule has 1 aliphatic rings. The Balaban J connectivity index is 0.00000222. The molecule has 0 radical (unpaired) electrons. The quantitative estimate of drug-likeness (QED) is 0.378. The number of benzene rings is 1. The zero-order valence-electron chi connectivity index (χ0n) is 21.6. The van der Waals surface area contributed by atoms with E-state index in [-0.39, 0.29) is 25.0 Å². The van der Waals surface area contributed by atoms with E-state index in [4.69, 9.17) is 16.3 Å². The minimum Gasteiger partial charge on any atom is -0.378 e. The molecule has 0 amide bonds. The number of aliphatic imine (C=N–C) groups is 1. The van der Waals surface area contributed by atoms with E-state index in [1.165, 1.54) is 4.57 Å². The number of halogens is 1. The molecule has 2 aromatic rings. The summed E-state index contributed by atoms with van der Waals surface area (Å²) in [5, 5.41) is 3.51. The van der Waals surface area contributed by atoms with Crippen LogP contribution in [0.5, 0.6) is 0 Å². The van der Waals surface area contributed by atoms with Crippen LogP contribution in [0.4, 0.5) is 17.3 Å². The lowest BCUT2D eigenvalue weighted by Gasteiger charge is -2.29. The predicted molar refractivity (Wildman–Crippen MR) is 149 cm³/mol. The van der Waals surface area contributed by atoms with Gasteiger partial charge in [0.15, 0.2) is 0 Å². The Hall–Kier alpha value is -3.17. The van der Waals surface area contributed by atoms with Crippen LogP contribution in [0.25, 0.3) is 0 Å². The number of morpholine rings is 1. The van der Waals surface area contributed by atoms with Gasteiger partial charge in [-0.05, 0) is 44.2 Å². The van der Waals surface area contributed by atoms with Gasteiger partial charge in [0.25, 0.3) is 0 Å². The average Bonchev–Trinajstić information content (AvgIpc) is 2.90. The van der Waals surface area contributed by atoms with E-state index < -0.39 is 11.4 Å². The van der Waals surface area contributed by atoms with Crippen molar-refractivity contribution in [2.75, 3.05) is 43.1 Å². The van der Waals surface area contributed by atoms with Gasteiger partial charge in [0.2, 0.25) is 5.95 Å². The zero-order valence-corrected chi connectivity index (χ0v) is 22.4. The van der Waals surface area contributed by atoms with E-state index >= 15 is 0 Å². The summed E-state index contributed by atoms with van der Waals surface area (Å²) in [6, 6.07) is 7.79. The van der Waals surface area contributed by atoms with Crippen LogP contribution in [0.2, 0.25) is 0 Å². The molecule has 1 aromatic heterocycles. The fourth-order valence-corrected chi connectivity index (χ4v) is 3.79. The van der Waals surface area contributed by atoms with E-state index in [2.05, 4.69) is 26.8 Å². The van der Waals surface area contributed by atoms with Crippen LogP contribution in [0, 0.1) is 5.92 Å². The number of anilines is 3. The zero-order chi connectivity index (χ0) is 26.5. The van der Waals surface area contributed by atoms with Gasteiger partial charge in [-0.1, -0.05) is 37.6 Å². The Morgan fingerprint density at radius 1 is 1.19 bits per heavy atom. The number of hydrogen-bond donors (Lipinski definition) is 1. The standard InChI is InChI=1S/C24H31ClN6O3.C2H6/c1-4-18(7-12-21(25)26-5-2)17-31-22(28-23(32)30(6-3)24(31)33)27-19-8-10-20(11-9-19)29-13-15-34-16-14-29;1-2/h4,7-12,18H,1,5-6,13-17H2,2-3H3,(H,27,28,32);1-2H3/b12-7-,26-21?;. The highest BCUT2D eigenvalue weighted by molar-refractivity contribution is 6.68. The fourth-order valence-electron chi connectivity index (χ4n) is 3.60. The molecule has 1 aliphatic heterocycles. The van der Waals surface area contributed by atoms with Gasteiger partial charge in [-0.15, -0.1) is 6.58 Å². The average molecular weight is 517 g/mol. The van der Waals surface area contributed by atoms with Gasteiger partial charge < -0.3 is 15.0 Å². The van der Waals surface area contributed by atoms with Crippen molar-refractivity contribution in [1.29, 1.82) is 0 Å². The van der Waals surface area contributed by atoms with Crippen LogP contribution in [0.3, 0.4) is 0 Å². The third kappa shape index (κ3) is 7.93. The van der Waals surface area contributed by atoms with Gasteiger partial charge in [0.1, 0.15) is 5.17 Å². The Bertz CT molecular complexity index is 1150. The van der Waals surface area contributed by atoms with Crippen LogP contribution in [-0.4, -0.2) is 52.1 Å². The molecule has 2 heterocycles. The molecule has 9 nitrogen and oxygen atoms in total. The summed E-state index contributed by atoms with van der Waals surface area (Å²) in [4.78, 5) is 36.1. The summed E-state index contributed by atoms with van der Waals surface area (Å²) < 4.78 is 7.96. The second kappa shape index (κ2) is 15.1. The first-order valence-corrected chi connectivity index (χ1v) is 12.8. The van der Waals surface area contributed by atoms with E-state index in [1.54, 1.807) is 19.1 Å². The summed E-state index contributed by atoms with van der Waals surface area (Å²) >= 11 is 6.07. The maximum atomic E-state index is 13.1.